The summed E-state index contributed by atoms with van der Waals surface area (Å²) < 4.78 is 0. The Labute approximate surface area is 139 Å². The van der Waals surface area contributed by atoms with Gasteiger partial charge in [-0.25, -0.2) is 4.98 Å². The summed E-state index contributed by atoms with van der Waals surface area (Å²) >= 11 is 1.42. The number of aromatic nitrogens is 2. The maximum absolute atomic E-state index is 12.2. The number of benzene rings is 1. The average molecular weight is 323 g/mol. The number of carbonyl (C=O) groups excluding carboxylic acids is 1. The van der Waals surface area contributed by atoms with E-state index >= 15 is 0 Å². The van der Waals surface area contributed by atoms with Crippen LogP contribution in [0.3, 0.4) is 0 Å². The molecule has 2 heterocycles. The second kappa shape index (κ2) is 6.71. The first-order chi connectivity index (χ1) is 11.2. The van der Waals surface area contributed by atoms with E-state index in [1.54, 1.807) is 12.3 Å². The summed E-state index contributed by atoms with van der Waals surface area (Å²) in [6.45, 7) is 4.02. The maximum atomic E-state index is 12.2. The van der Waals surface area contributed by atoms with E-state index in [9.17, 15) is 4.79 Å². The van der Waals surface area contributed by atoms with E-state index in [1.165, 1.54) is 16.9 Å². The van der Waals surface area contributed by atoms with Crippen LogP contribution < -0.4 is 5.32 Å². The summed E-state index contributed by atoms with van der Waals surface area (Å²) in [5, 5.41) is 5.36. The van der Waals surface area contributed by atoms with E-state index in [4.69, 9.17) is 0 Å². The molecular weight excluding hydrogens is 306 g/mol. The van der Waals surface area contributed by atoms with Crippen LogP contribution in [0, 0.1) is 6.92 Å². The van der Waals surface area contributed by atoms with Crippen LogP contribution in [0.1, 0.15) is 28.5 Å². The van der Waals surface area contributed by atoms with Gasteiger partial charge in [0, 0.05) is 22.8 Å². The zero-order valence-electron chi connectivity index (χ0n) is 13.0. The fraction of sp³-hybridized carbons (Fsp3) is 0.167. The maximum Gasteiger partial charge on any atom is 0.259 e. The molecule has 0 fully saturated rings. The van der Waals surface area contributed by atoms with Gasteiger partial charge in [0.25, 0.3) is 5.91 Å². The molecule has 0 radical (unpaired) electrons. The van der Waals surface area contributed by atoms with Gasteiger partial charge in [-0.3, -0.25) is 15.1 Å². The van der Waals surface area contributed by atoms with Crippen LogP contribution in [0.2, 0.25) is 0 Å². The minimum absolute atomic E-state index is 0.195. The van der Waals surface area contributed by atoms with E-state index in [1.807, 2.05) is 18.4 Å². The Morgan fingerprint density at radius 3 is 2.61 bits per heavy atom. The molecule has 0 saturated heterocycles. The lowest BCUT2D eigenvalue weighted by molar-refractivity contribution is 0.102. The summed E-state index contributed by atoms with van der Waals surface area (Å²) in [6, 6.07) is 11.9. The van der Waals surface area contributed by atoms with Crippen molar-refractivity contribution in [2.24, 2.45) is 0 Å². The molecule has 0 atom stereocenters. The Morgan fingerprint density at radius 2 is 1.96 bits per heavy atom. The normalized spacial score (nSPS) is 10.5. The van der Waals surface area contributed by atoms with Gasteiger partial charge in [-0.15, -0.1) is 11.3 Å². The molecule has 0 aliphatic heterocycles. The number of hydrogen-bond acceptors (Lipinski definition) is 4. The number of carbonyl (C=O) groups is 1. The Morgan fingerprint density at radius 1 is 1.17 bits per heavy atom. The van der Waals surface area contributed by atoms with Gasteiger partial charge in [-0.1, -0.05) is 31.2 Å². The topological polar surface area (TPSA) is 54.9 Å². The first-order valence-corrected chi connectivity index (χ1v) is 8.32. The first kappa shape index (κ1) is 15.4. The second-order valence-corrected chi connectivity index (χ2v) is 6.09. The highest BCUT2D eigenvalue weighted by atomic mass is 32.1. The Hall–Kier alpha value is -2.53. The van der Waals surface area contributed by atoms with Crippen LogP contribution >= 0.6 is 11.3 Å². The zero-order chi connectivity index (χ0) is 16.2. The van der Waals surface area contributed by atoms with Crippen molar-refractivity contribution in [2.75, 3.05) is 5.32 Å². The second-order valence-electron chi connectivity index (χ2n) is 5.23. The van der Waals surface area contributed by atoms with E-state index in [0.717, 1.165) is 23.4 Å². The van der Waals surface area contributed by atoms with E-state index in [2.05, 4.69) is 46.5 Å². The summed E-state index contributed by atoms with van der Waals surface area (Å²) in [6.07, 6.45) is 2.59. The molecule has 0 saturated carbocycles. The third kappa shape index (κ3) is 3.63. The van der Waals surface area contributed by atoms with Crippen molar-refractivity contribution in [2.45, 2.75) is 20.3 Å². The molecule has 1 amide bonds. The number of thiazole rings is 1. The van der Waals surface area contributed by atoms with Gasteiger partial charge in [-0.05, 0) is 31.0 Å². The fourth-order valence-corrected chi connectivity index (χ4v) is 2.86. The van der Waals surface area contributed by atoms with Gasteiger partial charge in [0.05, 0.1) is 11.3 Å². The molecule has 0 spiro atoms. The molecule has 23 heavy (non-hydrogen) atoms. The van der Waals surface area contributed by atoms with Crippen molar-refractivity contribution in [3.8, 4) is 11.3 Å². The molecule has 0 unspecified atom stereocenters. The SMILES string of the molecule is CCc1ccc(-c2csc(NC(=O)c3ccc(C)nc3)n2)cc1. The lowest BCUT2D eigenvalue weighted by Crippen LogP contribution is -2.12. The molecule has 0 aliphatic carbocycles. The van der Waals surface area contributed by atoms with Crippen molar-refractivity contribution < 1.29 is 4.79 Å². The first-order valence-electron chi connectivity index (χ1n) is 7.44. The zero-order valence-corrected chi connectivity index (χ0v) is 13.9. The predicted molar refractivity (Wildman–Crippen MR) is 93.9 cm³/mol. The number of aryl methyl sites for hydroxylation is 2. The molecule has 3 aromatic rings. The highest BCUT2D eigenvalue weighted by Gasteiger charge is 2.10. The van der Waals surface area contributed by atoms with Crippen LogP contribution in [-0.4, -0.2) is 15.9 Å². The lowest BCUT2D eigenvalue weighted by Gasteiger charge is -2.02. The van der Waals surface area contributed by atoms with E-state index in [0.29, 0.717) is 10.7 Å². The Kier molecular flexibility index (Phi) is 4.48. The number of amides is 1. The predicted octanol–water partition coefficient (Wildman–Crippen LogP) is 4.33. The fourth-order valence-electron chi connectivity index (χ4n) is 2.15. The number of pyridine rings is 1. The van der Waals surface area contributed by atoms with Crippen molar-refractivity contribution >= 4 is 22.4 Å². The van der Waals surface area contributed by atoms with Crippen LogP contribution in [0.25, 0.3) is 11.3 Å². The smallest absolute Gasteiger partial charge is 0.259 e. The third-order valence-electron chi connectivity index (χ3n) is 3.56. The van der Waals surface area contributed by atoms with Gasteiger partial charge in [0.1, 0.15) is 0 Å². The van der Waals surface area contributed by atoms with Crippen molar-refractivity contribution in [3.05, 3.63) is 64.8 Å². The van der Waals surface area contributed by atoms with Gasteiger partial charge in [0.15, 0.2) is 5.13 Å². The Balaban J connectivity index is 1.73. The summed E-state index contributed by atoms with van der Waals surface area (Å²) in [5.74, 6) is -0.195. The van der Waals surface area contributed by atoms with Crippen LogP contribution in [0.4, 0.5) is 5.13 Å². The average Bonchev–Trinajstić information content (AvgIpc) is 3.04. The monoisotopic (exact) mass is 323 g/mol. The Bertz CT molecular complexity index is 807. The number of anilines is 1. The number of rotatable bonds is 4. The standard InChI is InChI=1S/C18H17N3OS/c1-3-13-5-8-14(9-6-13)16-11-23-18(20-16)21-17(22)15-7-4-12(2)19-10-15/h4-11H,3H2,1-2H3,(H,20,21,22). The van der Waals surface area contributed by atoms with E-state index in [-0.39, 0.29) is 5.91 Å². The molecule has 5 heteroatoms. The third-order valence-corrected chi connectivity index (χ3v) is 4.31. The summed E-state index contributed by atoms with van der Waals surface area (Å²) in [7, 11) is 0. The minimum atomic E-state index is -0.195. The largest absolute Gasteiger partial charge is 0.298 e. The number of nitrogens with zero attached hydrogens (tertiary/aromatic N) is 2. The molecule has 116 valence electrons. The number of nitrogens with one attached hydrogen (secondary N) is 1. The molecule has 2 aromatic heterocycles. The van der Waals surface area contributed by atoms with Crippen molar-refractivity contribution in [1.29, 1.82) is 0 Å². The molecule has 1 aromatic carbocycles. The van der Waals surface area contributed by atoms with Crippen molar-refractivity contribution in [1.82, 2.24) is 9.97 Å². The highest BCUT2D eigenvalue weighted by Crippen LogP contribution is 2.25. The molecule has 0 bridgehead atoms. The quantitative estimate of drug-likeness (QED) is 0.777. The van der Waals surface area contributed by atoms with Gasteiger partial charge < -0.3 is 0 Å². The molecule has 1 N–H and O–H groups in total. The summed E-state index contributed by atoms with van der Waals surface area (Å²) in [4.78, 5) is 20.8. The van der Waals surface area contributed by atoms with Crippen LogP contribution in [0.5, 0.6) is 0 Å². The molecular formula is C18H17N3OS. The molecule has 0 aliphatic rings. The summed E-state index contributed by atoms with van der Waals surface area (Å²) in [5.41, 5.74) is 4.63. The number of hydrogen-bond donors (Lipinski definition) is 1. The molecule has 3 rings (SSSR count). The van der Waals surface area contributed by atoms with Gasteiger partial charge in [0.2, 0.25) is 0 Å². The van der Waals surface area contributed by atoms with Crippen LogP contribution in [0.15, 0.2) is 48.0 Å². The van der Waals surface area contributed by atoms with Gasteiger partial charge >= 0.3 is 0 Å². The van der Waals surface area contributed by atoms with Crippen LogP contribution in [-0.2, 0) is 6.42 Å². The minimum Gasteiger partial charge on any atom is -0.298 e. The lowest BCUT2D eigenvalue weighted by atomic mass is 10.1. The van der Waals surface area contributed by atoms with E-state index < -0.39 is 0 Å². The highest BCUT2D eigenvalue weighted by molar-refractivity contribution is 7.14. The van der Waals surface area contributed by atoms with Crippen molar-refractivity contribution in [3.63, 3.8) is 0 Å². The molecule has 4 nitrogen and oxygen atoms in total. The van der Waals surface area contributed by atoms with Gasteiger partial charge in [-0.2, -0.15) is 0 Å².